The van der Waals surface area contributed by atoms with Crippen molar-refractivity contribution in [3.05, 3.63) is 0 Å². The molecule has 0 heterocycles. The second-order valence-corrected chi connectivity index (χ2v) is 12.9. The van der Waals surface area contributed by atoms with Gasteiger partial charge in [-0.05, 0) is 78.9 Å². The maximum Gasteiger partial charge on any atom is 0.302 e. The third kappa shape index (κ3) is 5.07. The molecule has 4 rings (SSSR count). The molecule has 8 nitrogen and oxygen atoms in total. The Bertz CT molecular complexity index is 883. The number of fused-ring (bicyclic) bond motifs is 5. The van der Waals surface area contributed by atoms with Crippen molar-refractivity contribution in [1.82, 2.24) is 0 Å². The summed E-state index contributed by atoms with van der Waals surface area (Å²) in [5.41, 5.74) is -1.26. The van der Waals surface area contributed by atoms with E-state index in [2.05, 4.69) is 13.8 Å². The van der Waals surface area contributed by atoms with Crippen molar-refractivity contribution in [1.29, 1.82) is 0 Å². The molecule has 0 amide bonds. The quantitative estimate of drug-likeness (QED) is 0.397. The molecule has 0 aromatic heterocycles. The summed E-state index contributed by atoms with van der Waals surface area (Å²) in [5.74, 6) is 0.0860. The van der Waals surface area contributed by atoms with E-state index >= 15 is 0 Å². The lowest BCUT2D eigenvalue weighted by Gasteiger charge is -2.62. The van der Waals surface area contributed by atoms with Gasteiger partial charge in [0, 0.05) is 33.6 Å². The molecule has 0 saturated heterocycles. The summed E-state index contributed by atoms with van der Waals surface area (Å²) in [4.78, 5) is 47.9. The number of ketones is 1. The highest BCUT2D eigenvalue weighted by Gasteiger charge is 2.66. The predicted octanol–water partition coefficient (Wildman–Crippen LogP) is 3.86. The molecule has 208 valence electrons. The molecule has 4 aliphatic carbocycles. The summed E-state index contributed by atoms with van der Waals surface area (Å²) in [7, 11) is 0. The highest BCUT2D eigenvalue weighted by Crippen LogP contribution is 2.69. The molecule has 0 radical (unpaired) electrons. The average Bonchev–Trinajstić information content (AvgIpc) is 3.16. The first-order valence-electron chi connectivity index (χ1n) is 13.9. The Labute approximate surface area is 220 Å². The van der Waals surface area contributed by atoms with Crippen LogP contribution in [0.1, 0.15) is 86.0 Å². The van der Waals surface area contributed by atoms with Gasteiger partial charge in [-0.15, -0.1) is 0 Å². The summed E-state index contributed by atoms with van der Waals surface area (Å²) in [6.07, 6.45) is 5.91. The Morgan fingerprint density at radius 3 is 2.00 bits per heavy atom. The van der Waals surface area contributed by atoms with Crippen molar-refractivity contribution in [2.75, 3.05) is 19.8 Å². The van der Waals surface area contributed by atoms with Crippen LogP contribution in [0.5, 0.6) is 0 Å². The lowest BCUT2D eigenvalue weighted by Crippen LogP contribution is -2.60. The zero-order chi connectivity index (χ0) is 27.2. The van der Waals surface area contributed by atoms with Crippen LogP contribution in [0.25, 0.3) is 0 Å². The number of hydrogen-bond donors (Lipinski definition) is 1. The van der Waals surface area contributed by atoms with Crippen LogP contribution in [0.3, 0.4) is 0 Å². The normalized spacial score (nSPS) is 39.1. The van der Waals surface area contributed by atoms with Crippen LogP contribution in [0, 0.1) is 45.8 Å². The van der Waals surface area contributed by atoms with E-state index in [-0.39, 0.29) is 42.5 Å². The van der Waals surface area contributed by atoms with Crippen LogP contribution in [-0.4, -0.2) is 54.7 Å². The molecule has 4 fully saturated rings. The zero-order valence-electron chi connectivity index (χ0n) is 23.0. The second kappa shape index (κ2) is 10.3. The highest BCUT2D eigenvalue weighted by atomic mass is 16.6. The van der Waals surface area contributed by atoms with E-state index in [9.17, 15) is 24.3 Å². The SMILES string of the molecule is CC(=O)OCC(COC(C)=O)(COC(C)=O)[C@H]1CC[C@H]2[C@@H]3CC[C@@H]4CC(=O)CC[C@]4(C)[C@H]3[C@@H](O)C[C@]12C. The molecule has 0 unspecified atom stereocenters. The first-order valence-corrected chi connectivity index (χ1v) is 13.9. The summed E-state index contributed by atoms with van der Waals surface area (Å²) >= 11 is 0. The van der Waals surface area contributed by atoms with Gasteiger partial charge in [-0.2, -0.15) is 0 Å². The Hall–Kier alpha value is -1.96. The van der Waals surface area contributed by atoms with E-state index in [0.717, 1.165) is 32.1 Å². The number of rotatable bonds is 7. The lowest BCUT2D eigenvalue weighted by atomic mass is 9.43. The van der Waals surface area contributed by atoms with E-state index in [4.69, 9.17) is 14.2 Å². The van der Waals surface area contributed by atoms with Crippen molar-refractivity contribution < 1.29 is 38.5 Å². The van der Waals surface area contributed by atoms with Crippen molar-refractivity contribution in [3.8, 4) is 0 Å². The smallest absolute Gasteiger partial charge is 0.302 e. The summed E-state index contributed by atoms with van der Waals surface area (Å²) in [5, 5.41) is 11.8. The van der Waals surface area contributed by atoms with Gasteiger partial charge in [-0.25, -0.2) is 0 Å². The van der Waals surface area contributed by atoms with E-state index in [1.165, 1.54) is 20.8 Å². The highest BCUT2D eigenvalue weighted by molar-refractivity contribution is 5.79. The molecule has 0 aliphatic heterocycles. The molecule has 4 aliphatic rings. The van der Waals surface area contributed by atoms with E-state index < -0.39 is 29.4 Å². The number of Topliss-reactive ketones (excluding diaryl/α,β-unsaturated/α-hetero) is 1. The number of carbonyl (C=O) groups is 4. The topological polar surface area (TPSA) is 116 Å². The van der Waals surface area contributed by atoms with Gasteiger partial charge in [0.25, 0.3) is 0 Å². The molecule has 0 aromatic carbocycles. The monoisotopic (exact) mass is 520 g/mol. The maximum absolute atomic E-state index is 12.2. The lowest BCUT2D eigenvalue weighted by molar-refractivity contribution is -0.194. The number of hydrogen-bond acceptors (Lipinski definition) is 8. The van der Waals surface area contributed by atoms with E-state index in [0.29, 0.717) is 42.8 Å². The number of carbonyl (C=O) groups excluding carboxylic acids is 4. The Kier molecular flexibility index (Phi) is 7.82. The van der Waals surface area contributed by atoms with Crippen LogP contribution in [-0.2, 0) is 33.4 Å². The van der Waals surface area contributed by atoms with Gasteiger partial charge < -0.3 is 19.3 Å². The van der Waals surface area contributed by atoms with Crippen molar-refractivity contribution in [2.45, 2.75) is 92.1 Å². The van der Waals surface area contributed by atoms with Gasteiger partial charge in [0.15, 0.2) is 0 Å². The first-order chi connectivity index (χ1) is 17.3. The molecule has 8 atom stereocenters. The fourth-order valence-corrected chi connectivity index (χ4v) is 9.34. The second-order valence-electron chi connectivity index (χ2n) is 12.9. The van der Waals surface area contributed by atoms with Crippen molar-refractivity contribution in [2.24, 2.45) is 45.8 Å². The van der Waals surface area contributed by atoms with Crippen LogP contribution in [0.15, 0.2) is 0 Å². The van der Waals surface area contributed by atoms with Crippen molar-refractivity contribution in [3.63, 3.8) is 0 Å². The average molecular weight is 521 g/mol. The van der Waals surface area contributed by atoms with Crippen LogP contribution in [0.4, 0.5) is 0 Å². The summed E-state index contributed by atoms with van der Waals surface area (Å²) < 4.78 is 16.6. The van der Waals surface area contributed by atoms with E-state index in [1.54, 1.807) is 0 Å². The van der Waals surface area contributed by atoms with Crippen molar-refractivity contribution >= 4 is 23.7 Å². The molecule has 1 N–H and O–H groups in total. The Balaban J connectivity index is 1.68. The Morgan fingerprint density at radius 1 is 0.892 bits per heavy atom. The minimum Gasteiger partial charge on any atom is -0.465 e. The van der Waals surface area contributed by atoms with Gasteiger partial charge in [0.1, 0.15) is 25.6 Å². The fraction of sp³-hybridized carbons (Fsp3) is 0.862. The Morgan fingerprint density at radius 2 is 1.46 bits per heavy atom. The van der Waals surface area contributed by atoms with Crippen LogP contribution < -0.4 is 0 Å². The van der Waals surface area contributed by atoms with Crippen LogP contribution >= 0.6 is 0 Å². The van der Waals surface area contributed by atoms with Gasteiger partial charge in [0.2, 0.25) is 0 Å². The molecule has 0 spiro atoms. The molecule has 0 bridgehead atoms. The van der Waals surface area contributed by atoms with Gasteiger partial charge >= 0.3 is 17.9 Å². The summed E-state index contributed by atoms with van der Waals surface area (Å²) in [6.45, 7) is 8.45. The number of aliphatic hydroxyl groups excluding tert-OH is 1. The number of ether oxygens (including phenoxy) is 3. The standard InChI is InChI=1S/C29H44O8/c1-17(30)35-14-29(15-36-18(2)31,16-37-19(3)32)25-9-8-23-22-7-6-20-12-21(33)10-11-27(20,4)26(22)24(34)13-28(23,25)5/h20,22-26,34H,6-16H2,1-5H3/t20-,22+,23+,24+,25+,26-,27+,28+/m1/s1. The number of aliphatic hydroxyl groups is 1. The largest absolute Gasteiger partial charge is 0.465 e. The zero-order valence-corrected chi connectivity index (χ0v) is 23.0. The molecular weight excluding hydrogens is 476 g/mol. The third-order valence-electron chi connectivity index (χ3n) is 10.8. The van der Waals surface area contributed by atoms with Gasteiger partial charge in [-0.1, -0.05) is 13.8 Å². The molecule has 4 saturated carbocycles. The van der Waals surface area contributed by atoms with Gasteiger partial charge in [-0.3, -0.25) is 19.2 Å². The minimum absolute atomic E-state index is 0.0258. The molecule has 37 heavy (non-hydrogen) atoms. The third-order valence-corrected chi connectivity index (χ3v) is 10.8. The van der Waals surface area contributed by atoms with E-state index in [1.807, 2.05) is 0 Å². The molecular formula is C29H44O8. The predicted molar refractivity (Wildman–Crippen MR) is 134 cm³/mol. The van der Waals surface area contributed by atoms with Gasteiger partial charge in [0.05, 0.1) is 11.5 Å². The number of esters is 3. The summed E-state index contributed by atoms with van der Waals surface area (Å²) in [6, 6.07) is 0. The minimum atomic E-state index is -0.905. The molecule has 0 aromatic rings. The molecule has 8 heteroatoms. The fourth-order valence-electron chi connectivity index (χ4n) is 9.34. The van der Waals surface area contributed by atoms with Crippen LogP contribution in [0.2, 0.25) is 0 Å². The maximum atomic E-state index is 12.2. The first kappa shape index (κ1) is 28.1.